The first-order valence-electron chi connectivity index (χ1n) is 7.73. The van der Waals surface area contributed by atoms with Crippen molar-refractivity contribution in [2.75, 3.05) is 5.75 Å². The minimum absolute atomic E-state index is 0.0715. The van der Waals surface area contributed by atoms with Gasteiger partial charge in [-0.1, -0.05) is 54.2 Å². The lowest BCUT2D eigenvalue weighted by molar-refractivity contribution is -0.141. The van der Waals surface area contributed by atoms with Crippen LogP contribution in [0.3, 0.4) is 0 Å². The highest BCUT2D eigenvalue weighted by Crippen LogP contribution is 2.16. The number of nitrogens with one attached hydrogen (secondary N) is 2. The SMILES string of the molecule is O=C(CSc1nc2ccccc2c(=O)[nH]1)N[C@H](C(=O)O)c1ccccc1. The summed E-state index contributed by atoms with van der Waals surface area (Å²) in [6.45, 7) is 0. The molecule has 26 heavy (non-hydrogen) atoms. The van der Waals surface area contributed by atoms with Crippen molar-refractivity contribution in [1.82, 2.24) is 15.3 Å². The topological polar surface area (TPSA) is 112 Å². The number of amides is 1. The number of hydrogen-bond donors (Lipinski definition) is 3. The second-order valence-electron chi connectivity index (χ2n) is 5.43. The second-order valence-corrected chi connectivity index (χ2v) is 6.39. The Balaban J connectivity index is 1.68. The molecule has 0 spiro atoms. The van der Waals surface area contributed by atoms with Crippen LogP contribution in [-0.4, -0.2) is 32.7 Å². The van der Waals surface area contributed by atoms with Gasteiger partial charge in [-0.25, -0.2) is 9.78 Å². The molecule has 0 aliphatic carbocycles. The fraction of sp³-hybridized carbons (Fsp3) is 0.111. The van der Waals surface area contributed by atoms with Gasteiger partial charge in [0, 0.05) is 0 Å². The first-order valence-corrected chi connectivity index (χ1v) is 8.72. The monoisotopic (exact) mass is 369 g/mol. The molecular formula is C18H15N3O4S. The number of aromatic nitrogens is 2. The Kier molecular flexibility index (Phi) is 5.33. The fourth-order valence-corrected chi connectivity index (χ4v) is 3.08. The molecule has 0 unspecified atom stereocenters. The number of carbonyl (C=O) groups is 2. The maximum atomic E-state index is 12.1. The summed E-state index contributed by atoms with van der Waals surface area (Å²) < 4.78 is 0. The number of benzene rings is 2. The van der Waals surface area contributed by atoms with Gasteiger partial charge in [-0.15, -0.1) is 0 Å². The summed E-state index contributed by atoms with van der Waals surface area (Å²) in [6, 6.07) is 14.2. The molecule has 0 bridgehead atoms. The molecule has 3 N–H and O–H groups in total. The van der Waals surface area contributed by atoms with Gasteiger partial charge >= 0.3 is 5.97 Å². The normalized spacial score (nSPS) is 11.8. The van der Waals surface area contributed by atoms with Crippen LogP contribution < -0.4 is 10.9 Å². The van der Waals surface area contributed by atoms with E-state index in [2.05, 4.69) is 15.3 Å². The lowest BCUT2D eigenvalue weighted by atomic mass is 10.1. The molecule has 0 saturated heterocycles. The van der Waals surface area contributed by atoms with E-state index >= 15 is 0 Å². The number of carboxylic acid groups (broad SMARTS) is 1. The molecule has 1 atom stereocenters. The number of para-hydroxylation sites is 1. The van der Waals surface area contributed by atoms with E-state index in [0.29, 0.717) is 21.6 Å². The molecule has 1 heterocycles. The molecule has 0 saturated carbocycles. The average Bonchev–Trinajstić information content (AvgIpc) is 2.65. The molecule has 0 fully saturated rings. The summed E-state index contributed by atoms with van der Waals surface area (Å²) in [7, 11) is 0. The molecule has 0 radical (unpaired) electrons. The first-order chi connectivity index (χ1) is 12.5. The Hall–Kier alpha value is -3.13. The van der Waals surface area contributed by atoms with Gasteiger partial charge in [0.2, 0.25) is 5.91 Å². The van der Waals surface area contributed by atoms with Crippen molar-refractivity contribution in [3.63, 3.8) is 0 Å². The second kappa shape index (κ2) is 7.83. The van der Waals surface area contributed by atoms with E-state index in [1.165, 1.54) is 0 Å². The Morgan fingerprint density at radius 3 is 2.54 bits per heavy atom. The highest BCUT2D eigenvalue weighted by Gasteiger charge is 2.21. The number of aliphatic carboxylic acids is 1. The summed E-state index contributed by atoms with van der Waals surface area (Å²) in [6.07, 6.45) is 0. The Labute approximate surface area is 152 Å². The molecule has 1 aromatic heterocycles. The number of fused-ring (bicyclic) bond motifs is 1. The zero-order valence-electron chi connectivity index (χ0n) is 13.5. The van der Waals surface area contributed by atoms with Gasteiger partial charge < -0.3 is 15.4 Å². The van der Waals surface area contributed by atoms with E-state index in [1.54, 1.807) is 54.6 Å². The Morgan fingerprint density at radius 1 is 1.12 bits per heavy atom. The van der Waals surface area contributed by atoms with Crippen molar-refractivity contribution in [1.29, 1.82) is 0 Å². The molecule has 2 aromatic carbocycles. The fourth-order valence-electron chi connectivity index (χ4n) is 2.40. The van der Waals surface area contributed by atoms with Crippen molar-refractivity contribution >= 4 is 34.5 Å². The highest BCUT2D eigenvalue weighted by molar-refractivity contribution is 7.99. The van der Waals surface area contributed by atoms with Crippen LogP contribution in [0, 0.1) is 0 Å². The summed E-state index contributed by atoms with van der Waals surface area (Å²) >= 11 is 1.03. The summed E-state index contributed by atoms with van der Waals surface area (Å²) in [5, 5.41) is 12.6. The van der Waals surface area contributed by atoms with Gasteiger partial charge in [0.15, 0.2) is 11.2 Å². The summed E-state index contributed by atoms with van der Waals surface area (Å²) in [5.41, 5.74) is 0.730. The predicted octanol–water partition coefficient (Wildman–Crippen LogP) is 1.96. The minimum Gasteiger partial charge on any atom is -0.479 e. The third kappa shape index (κ3) is 4.09. The van der Waals surface area contributed by atoms with E-state index in [-0.39, 0.29) is 11.3 Å². The molecule has 7 nitrogen and oxygen atoms in total. The molecule has 8 heteroatoms. The number of aromatic amines is 1. The van der Waals surface area contributed by atoms with E-state index in [4.69, 9.17) is 0 Å². The lowest BCUT2D eigenvalue weighted by Gasteiger charge is -2.14. The maximum Gasteiger partial charge on any atom is 0.330 e. The van der Waals surface area contributed by atoms with E-state index in [9.17, 15) is 19.5 Å². The van der Waals surface area contributed by atoms with Gasteiger partial charge in [-0.3, -0.25) is 9.59 Å². The predicted molar refractivity (Wildman–Crippen MR) is 98.0 cm³/mol. The van der Waals surface area contributed by atoms with Crippen LogP contribution in [0.4, 0.5) is 0 Å². The Morgan fingerprint density at radius 2 is 1.81 bits per heavy atom. The molecule has 0 aliphatic rings. The standard InChI is InChI=1S/C18H15N3O4S/c22-14(20-15(17(24)25)11-6-2-1-3-7-11)10-26-18-19-13-9-5-4-8-12(13)16(23)21-18/h1-9,15H,10H2,(H,20,22)(H,24,25)(H,19,21,23)/t15-/m0/s1. The lowest BCUT2D eigenvalue weighted by Crippen LogP contribution is -2.34. The van der Waals surface area contributed by atoms with Crippen LogP contribution in [0.1, 0.15) is 11.6 Å². The molecular weight excluding hydrogens is 354 g/mol. The van der Waals surface area contributed by atoms with Crippen LogP contribution in [0.15, 0.2) is 64.5 Å². The van der Waals surface area contributed by atoms with E-state index in [0.717, 1.165) is 11.8 Å². The first kappa shape index (κ1) is 17.7. The van der Waals surface area contributed by atoms with Crippen molar-refractivity contribution in [2.45, 2.75) is 11.2 Å². The van der Waals surface area contributed by atoms with E-state index < -0.39 is 17.9 Å². The van der Waals surface area contributed by atoms with Crippen LogP contribution in [0.5, 0.6) is 0 Å². The largest absolute Gasteiger partial charge is 0.479 e. The van der Waals surface area contributed by atoms with Gasteiger partial charge in [0.05, 0.1) is 16.7 Å². The van der Waals surface area contributed by atoms with Crippen molar-refractivity contribution in [3.05, 3.63) is 70.5 Å². The van der Waals surface area contributed by atoms with Crippen LogP contribution in [0.25, 0.3) is 10.9 Å². The number of carbonyl (C=O) groups excluding carboxylic acids is 1. The number of nitrogens with zero attached hydrogens (tertiary/aromatic N) is 1. The maximum absolute atomic E-state index is 12.1. The Bertz CT molecular complexity index is 1000. The zero-order valence-corrected chi connectivity index (χ0v) is 14.3. The van der Waals surface area contributed by atoms with Crippen LogP contribution in [-0.2, 0) is 9.59 Å². The van der Waals surface area contributed by atoms with Gasteiger partial charge in [-0.05, 0) is 17.7 Å². The minimum atomic E-state index is -1.15. The summed E-state index contributed by atoms with van der Waals surface area (Å²) in [4.78, 5) is 42.5. The summed E-state index contributed by atoms with van der Waals surface area (Å²) in [5.74, 6) is -1.69. The molecule has 3 aromatic rings. The smallest absolute Gasteiger partial charge is 0.330 e. The molecule has 0 aliphatic heterocycles. The van der Waals surface area contributed by atoms with Crippen molar-refractivity contribution in [3.8, 4) is 0 Å². The van der Waals surface area contributed by atoms with Crippen molar-refractivity contribution < 1.29 is 14.7 Å². The van der Waals surface area contributed by atoms with Gasteiger partial charge in [0.1, 0.15) is 0 Å². The van der Waals surface area contributed by atoms with Crippen LogP contribution >= 0.6 is 11.8 Å². The number of rotatable bonds is 6. The van der Waals surface area contributed by atoms with Gasteiger partial charge in [-0.2, -0.15) is 0 Å². The average molecular weight is 369 g/mol. The number of H-pyrrole nitrogens is 1. The highest BCUT2D eigenvalue weighted by atomic mass is 32.2. The number of carboxylic acids is 1. The van der Waals surface area contributed by atoms with Gasteiger partial charge in [0.25, 0.3) is 5.56 Å². The van der Waals surface area contributed by atoms with Crippen LogP contribution in [0.2, 0.25) is 0 Å². The third-order valence-electron chi connectivity index (χ3n) is 3.62. The molecule has 3 rings (SSSR count). The number of thioether (sulfide) groups is 1. The molecule has 1 amide bonds. The van der Waals surface area contributed by atoms with E-state index in [1.807, 2.05) is 0 Å². The van der Waals surface area contributed by atoms with Crippen molar-refractivity contribution in [2.24, 2.45) is 0 Å². The zero-order chi connectivity index (χ0) is 18.5. The quantitative estimate of drug-likeness (QED) is 0.452. The molecule has 132 valence electrons. The number of hydrogen-bond acceptors (Lipinski definition) is 5. The third-order valence-corrected chi connectivity index (χ3v) is 4.49.